The first kappa shape index (κ1) is 16.0. The Labute approximate surface area is 93.8 Å². The van der Waals surface area contributed by atoms with E-state index in [2.05, 4.69) is 5.32 Å². The Morgan fingerprint density at radius 3 is 1.62 bits per heavy atom. The number of rotatable bonds is 0. The summed E-state index contributed by atoms with van der Waals surface area (Å²) in [5, 5.41) is 10.2. The summed E-state index contributed by atoms with van der Waals surface area (Å²) in [5.74, 6) is -0.833. The smallest absolute Gasteiger partial charge is 1.00 e. The Morgan fingerprint density at radius 1 is 1.62 bits per heavy atom. The summed E-state index contributed by atoms with van der Waals surface area (Å²) in [6.07, 6.45) is 0. The molecule has 0 rings (SSSR count). The number of carboxylic acids is 1. The standard InChI is InChI=1S/C2H7N.C2H4O2.K.H/c1-3-2;1-2(3)4;;/h3H,1-2H3;1H3,(H,3,4);;/q;;+1;-1. The van der Waals surface area contributed by atoms with Crippen molar-refractivity contribution in [1.82, 2.24) is 5.32 Å². The molecule has 0 unspecified atom stereocenters. The van der Waals surface area contributed by atoms with Crippen molar-refractivity contribution in [2.75, 3.05) is 14.1 Å². The van der Waals surface area contributed by atoms with Crippen molar-refractivity contribution in [2.45, 2.75) is 6.92 Å². The Balaban J connectivity index is -0.0000000233. The van der Waals surface area contributed by atoms with Gasteiger partial charge in [0.25, 0.3) is 5.97 Å². The Hall–Kier alpha value is 1.07. The van der Waals surface area contributed by atoms with E-state index in [1.165, 1.54) is 0 Å². The first-order valence-corrected chi connectivity index (χ1v) is 1.93. The van der Waals surface area contributed by atoms with Crippen LogP contribution in [0.3, 0.4) is 0 Å². The number of aliphatic carboxylic acids is 1. The van der Waals surface area contributed by atoms with Gasteiger partial charge in [0.2, 0.25) is 0 Å². The van der Waals surface area contributed by atoms with Crippen molar-refractivity contribution >= 4 is 5.97 Å². The third-order valence-electron chi connectivity index (χ3n) is 0. The molecule has 0 heterocycles. The van der Waals surface area contributed by atoms with Gasteiger partial charge in [0, 0.05) is 6.92 Å². The molecule has 0 aromatic rings. The number of carbonyl (C=O) groups is 1. The molecule has 3 nitrogen and oxygen atoms in total. The van der Waals surface area contributed by atoms with Crippen molar-refractivity contribution < 1.29 is 62.7 Å². The van der Waals surface area contributed by atoms with Crippen LogP contribution in [0.1, 0.15) is 8.35 Å². The molecule has 8 heavy (non-hydrogen) atoms. The van der Waals surface area contributed by atoms with Gasteiger partial charge in [-0.2, -0.15) is 0 Å². The van der Waals surface area contributed by atoms with Gasteiger partial charge in [-0.05, 0) is 14.1 Å². The van der Waals surface area contributed by atoms with Crippen molar-refractivity contribution in [3.8, 4) is 0 Å². The van der Waals surface area contributed by atoms with E-state index in [0.29, 0.717) is 0 Å². The molecule has 4 heteroatoms. The number of hydrogen-bond donors (Lipinski definition) is 2. The fourth-order valence-corrected chi connectivity index (χ4v) is 0. The fraction of sp³-hybridized carbons (Fsp3) is 0.750. The minimum atomic E-state index is -0.833. The fourth-order valence-electron chi connectivity index (χ4n) is 0. The molecule has 0 aliphatic carbocycles. The first-order chi connectivity index (χ1) is 3.15. The van der Waals surface area contributed by atoms with E-state index < -0.39 is 5.97 Å². The van der Waals surface area contributed by atoms with Gasteiger partial charge in [-0.15, -0.1) is 0 Å². The van der Waals surface area contributed by atoms with Crippen LogP contribution in [0.25, 0.3) is 0 Å². The minimum Gasteiger partial charge on any atom is -1.00 e. The second-order valence-electron chi connectivity index (χ2n) is 1.02. The molecule has 0 aliphatic heterocycles. The van der Waals surface area contributed by atoms with Crippen molar-refractivity contribution in [3.63, 3.8) is 0 Å². The summed E-state index contributed by atoms with van der Waals surface area (Å²) in [7, 11) is 3.75. The van der Waals surface area contributed by atoms with Crippen molar-refractivity contribution in [1.29, 1.82) is 0 Å². The SMILES string of the molecule is CC(=O)O.CNC.[H-].[K+]. The van der Waals surface area contributed by atoms with Crippen LogP contribution in [0.4, 0.5) is 0 Å². The van der Waals surface area contributed by atoms with Crippen molar-refractivity contribution in [3.05, 3.63) is 0 Å². The molecule has 0 bridgehead atoms. The van der Waals surface area contributed by atoms with Crippen LogP contribution in [-0.4, -0.2) is 25.2 Å². The zero-order chi connectivity index (χ0) is 6.28. The van der Waals surface area contributed by atoms with Crippen LogP contribution >= 0.6 is 0 Å². The summed E-state index contributed by atoms with van der Waals surface area (Å²) < 4.78 is 0. The Kier molecular flexibility index (Phi) is 31.4. The van der Waals surface area contributed by atoms with Gasteiger partial charge >= 0.3 is 51.4 Å². The predicted octanol–water partition coefficient (Wildman–Crippen LogP) is -2.96. The van der Waals surface area contributed by atoms with Gasteiger partial charge in [0.1, 0.15) is 0 Å². The van der Waals surface area contributed by atoms with E-state index in [0.717, 1.165) is 6.92 Å². The van der Waals surface area contributed by atoms with E-state index in [1.54, 1.807) is 0 Å². The summed E-state index contributed by atoms with van der Waals surface area (Å²) in [5.41, 5.74) is 0. The van der Waals surface area contributed by atoms with Crippen LogP contribution in [0.2, 0.25) is 0 Å². The van der Waals surface area contributed by atoms with Crippen LogP contribution in [0, 0.1) is 0 Å². The molecular weight excluding hydrogens is 133 g/mol. The van der Waals surface area contributed by atoms with E-state index in [4.69, 9.17) is 9.90 Å². The van der Waals surface area contributed by atoms with Gasteiger partial charge in [-0.3, -0.25) is 4.79 Å². The zero-order valence-electron chi connectivity index (χ0n) is 6.86. The first-order valence-electron chi connectivity index (χ1n) is 1.93. The van der Waals surface area contributed by atoms with Crippen molar-refractivity contribution in [2.24, 2.45) is 0 Å². The van der Waals surface area contributed by atoms with Gasteiger partial charge in [-0.25, -0.2) is 0 Å². The quantitative estimate of drug-likeness (QED) is 0.358. The molecule has 0 aromatic heterocycles. The molecule has 0 saturated heterocycles. The summed E-state index contributed by atoms with van der Waals surface area (Å²) in [6.45, 7) is 1.08. The molecule has 0 atom stereocenters. The van der Waals surface area contributed by atoms with Gasteiger partial charge in [-0.1, -0.05) is 0 Å². The number of nitrogens with one attached hydrogen (secondary N) is 1. The van der Waals surface area contributed by atoms with Crippen LogP contribution in [-0.2, 0) is 4.79 Å². The third-order valence-corrected chi connectivity index (χ3v) is 0. The summed E-state index contributed by atoms with van der Waals surface area (Å²) in [6, 6.07) is 0. The normalized spacial score (nSPS) is 5.38. The molecule has 0 saturated carbocycles. The number of carboxylic acid groups (broad SMARTS) is 1. The Morgan fingerprint density at radius 2 is 1.62 bits per heavy atom. The van der Waals surface area contributed by atoms with E-state index >= 15 is 0 Å². The maximum absolute atomic E-state index is 9.00. The van der Waals surface area contributed by atoms with Gasteiger partial charge < -0.3 is 11.8 Å². The van der Waals surface area contributed by atoms with Crippen LogP contribution < -0.4 is 56.7 Å². The van der Waals surface area contributed by atoms with Crippen LogP contribution in [0.5, 0.6) is 0 Å². The maximum atomic E-state index is 9.00. The monoisotopic (exact) mass is 145 g/mol. The number of hydrogen-bond acceptors (Lipinski definition) is 2. The average molecular weight is 145 g/mol. The average Bonchev–Trinajstić information content (AvgIpc) is 1.33. The molecule has 46 valence electrons. The Bertz CT molecular complexity index is 49.8. The molecule has 0 spiro atoms. The largest absolute Gasteiger partial charge is 1.00 e. The molecule has 0 amide bonds. The molecule has 0 aliphatic rings. The second-order valence-corrected chi connectivity index (χ2v) is 1.02. The molecule has 0 aromatic carbocycles. The second kappa shape index (κ2) is 15.7. The summed E-state index contributed by atoms with van der Waals surface area (Å²) >= 11 is 0. The van der Waals surface area contributed by atoms with Gasteiger partial charge in [0.05, 0.1) is 0 Å². The molecule has 0 radical (unpaired) electrons. The van der Waals surface area contributed by atoms with Gasteiger partial charge in [0.15, 0.2) is 0 Å². The molecular formula is C4H12KNO2. The van der Waals surface area contributed by atoms with E-state index in [-0.39, 0.29) is 52.8 Å². The van der Waals surface area contributed by atoms with E-state index in [9.17, 15) is 0 Å². The molecule has 2 N–H and O–H groups in total. The predicted molar refractivity (Wildman–Crippen MR) is 29.4 cm³/mol. The summed E-state index contributed by atoms with van der Waals surface area (Å²) in [4.78, 5) is 9.00. The topological polar surface area (TPSA) is 49.3 Å². The third kappa shape index (κ3) is 229. The van der Waals surface area contributed by atoms with E-state index in [1.807, 2.05) is 14.1 Å². The maximum Gasteiger partial charge on any atom is 1.00 e. The molecule has 0 fully saturated rings. The zero-order valence-corrected chi connectivity index (χ0v) is 8.98. The van der Waals surface area contributed by atoms with Crippen LogP contribution in [0.15, 0.2) is 0 Å². The minimum absolute atomic E-state index is 0.